The summed E-state index contributed by atoms with van der Waals surface area (Å²) in [6.45, 7) is 5.55. The monoisotopic (exact) mass is 587 g/mol. The number of aromatic nitrogens is 1. The number of piperidine rings is 1. The quantitative estimate of drug-likeness (QED) is 0.243. The van der Waals surface area contributed by atoms with E-state index in [1.807, 2.05) is 48.5 Å². The van der Waals surface area contributed by atoms with E-state index >= 15 is 0 Å². The van der Waals surface area contributed by atoms with Gasteiger partial charge in [-0.3, -0.25) is 4.79 Å². The standard InChI is InChI=1S/C37H38FN5O/c38-31-8-3-6-28(20-31)30-7-4-18-42(24-30)36-22-34(37(44)43-19-5-9-32(43)25-41-16-1-2-17-41)33-21-29(14-15-35(33)40-36)27-12-10-26(23-39)11-13-27/h3,6,8,10-15,20-22,30,32H,1-2,4-5,7,9,16-19,24-25H2/t30?,32-/m0/s1. The number of carbonyl (C=O) groups excluding carboxylic acids is 1. The lowest BCUT2D eigenvalue weighted by molar-refractivity contribution is 0.0710. The maximum absolute atomic E-state index is 14.5. The van der Waals surface area contributed by atoms with Crippen LogP contribution in [0.4, 0.5) is 10.2 Å². The molecule has 7 heteroatoms. The van der Waals surface area contributed by atoms with Gasteiger partial charge in [-0.1, -0.05) is 30.3 Å². The predicted octanol–water partition coefficient (Wildman–Crippen LogP) is 7.00. The molecule has 3 aliphatic heterocycles. The van der Waals surface area contributed by atoms with Crippen LogP contribution in [0.15, 0.2) is 72.8 Å². The van der Waals surface area contributed by atoms with Crippen LogP contribution in [0.25, 0.3) is 22.0 Å². The number of hydrogen-bond donors (Lipinski definition) is 0. The van der Waals surface area contributed by atoms with E-state index in [0.29, 0.717) is 11.1 Å². The molecule has 0 N–H and O–H groups in total. The highest BCUT2D eigenvalue weighted by Gasteiger charge is 2.33. The SMILES string of the molecule is N#Cc1ccc(-c2ccc3nc(N4CCCC(c5cccc(F)c5)C4)cc(C(=O)N4CCC[C@H]4CN4CCCC4)c3c2)cc1. The lowest BCUT2D eigenvalue weighted by Crippen LogP contribution is -2.42. The molecule has 7 rings (SSSR count). The minimum atomic E-state index is -0.205. The fourth-order valence-corrected chi connectivity index (χ4v) is 7.40. The van der Waals surface area contributed by atoms with Gasteiger partial charge in [0.05, 0.1) is 22.7 Å². The maximum atomic E-state index is 14.5. The van der Waals surface area contributed by atoms with Gasteiger partial charge < -0.3 is 14.7 Å². The molecule has 6 nitrogen and oxygen atoms in total. The second kappa shape index (κ2) is 12.4. The molecule has 1 amide bonds. The van der Waals surface area contributed by atoms with Crippen molar-refractivity contribution in [3.63, 3.8) is 0 Å². The third-order valence-electron chi connectivity index (χ3n) is 9.74. The first-order valence-corrected chi connectivity index (χ1v) is 16.0. The van der Waals surface area contributed by atoms with Gasteiger partial charge in [0.15, 0.2) is 0 Å². The van der Waals surface area contributed by atoms with Gasteiger partial charge >= 0.3 is 0 Å². The summed E-state index contributed by atoms with van der Waals surface area (Å²) in [5.41, 5.74) is 5.11. The van der Waals surface area contributed by atoms with Gasteiger partial charge in [0, 0.05) is 43.5 Å². The fraction of sp³-hybridized carbons (Fsp3) is 0.378. The number of rotatable bonds is 6. The number of anilines is 1. The summed E-state index contributed by atoms with van der Waals surface area (Å²) in [5, 5.41) is 10.1. The number of halogens is 1. The van der Waals surface area contributed by atoms with E-state index in [0.717, 1.165) is 98.4 Å². The number of nitriles is 1. The summed E-state index contributed by atoms with van der Waals surface area (Å²) in [5.74, 6) is 0.890. The molecular weight excluding hydrogens is 549 g/mol. The summed E-state index contributed by atoms with van der Waals surface area (Å²) >= 11 is 0. The average molecular weight is 588 g/mol. The lowest BCUT2D eigenvalue weighted by atomic mass is 9.90. The first-order valence-electron chi connectivity index (χ1n) is 16.0. The van der Waals surface area contributed by atoms with Gasteiger partial charge in [-0.2, -0.15) is 5.26 Å². The fourth-order valence-electron chi connectivity index (χ4n) is 7.40. The summed E-state index contributed by atoms with van der Waals surface area (Å²) < 4.78 is 14.1. The van der Waals surface area contributed by atoms with Crippen LogP contribution in [-0.2, 0) is 0 Å². The third-order valence-corrected chi connectivity index (χ3v) is 9.74. The van der Waals surface area contributed by atoms with Crippen molar-refractivity contribution in [3.05, 3.63) is 95.3 Å². The van der Waals surface area contributed by atoms with Crippen LogP contribution in [-0.4, -0.2) is 66.0 Å². The van der Waals surface area contributed by atoms with Crippen LogP contribution in [0.5, 0.6) is 0 Å². The van der Waals surface area contributed by atoms with E-state index in [2.05, 4.69) is 26.8 Å². The number of benzene rings is 3. The number of hydrogen-bond acceptors (Lipinski definition) is 5. The number of carbonyl (C=O) groups is 1. The molecule has 4 aromatic rings. The molecule has 0 bridgehead atoms. The van der Waals surface area contributed by atoms with Crippen molar-refractivity contribution in [1.82, 2.24) is 14.8 Å². The van der Waals surface area contributed by atoms with E-state index in [1.54, 1.807) is 12.1 Å². The smallest absolute Gasteiger partial charge is 0.254 e. The molecule has 1 unspecified atom stereocenters. The zero-order chi connectivity index (χ0) is 30.0. The molecule has 2 atom stereocenters. The molecule has 3 fully saturated rings. The largest absolute Gasteiger partial charge is 0.356 e. The summed E-state index contributed by atoms with van der Waals surface area (Å²) in [6.07, 6.45) is 6.52. The Labute approximate surface area is 258 Å². The molecule has 0 spiro atoms. The molecular formula is C37H38FN5O. The number of nitrogens with zero attached hydrogens (tertiary/aromatic N) is 5. The Morgan fingerprint density at radius 2 is 1.68 bits per heavy atom. The second-order valence-corrected chi connectivity index (χ2v) is 12.6. The molecule has 44 heavy (non-hydrogen) atoms. The van der Waals surface area contributed by atoms with E-state index in [-0.39, 0.29) is 23.7 Å². The van der Waals surface area contributed by atoms with Crippen molar-refractivity contribution in [2.24, 2.45) is 0 Å². The predicted molar refractivity (Wildman–Crippen MR) is 172 cm³/mol. The van der Waals surface area contributed by atoms with Crippen molar-refractivity contribution in [1.29, 1.82) is 5.26 Å². The van der Waals surface area contributed by atoms with Gasteiger partial charge in [0.2, 0.25) is 0 Å². The van der Waals surface area contributed by atoms with Gasteiger partial charge in [0.1, 0.15) is 11.6 Å². The van der Waals surface area contributed by atoms with Crippen molar-refractivity contribution in [2.45, 2.75) is 50.5 Å². The first-order chi connectivity index (χ1) is 21.6. The number of pyridine rings is 1. The van der Waals surface area contributed by atoms with E-state index in [1.165, 1.54) is 18.9 Å². The Kier molecular flexibility index (Phi) is 8.01. The highest BCUT2D eigenvalue weighted by Crippen LogP contribution is 2.34. The first kappa shape index (κ1) is 28.5. The van der Waals surface area contributed by atoms with Crippen LogP contribution in [0, 0.1) is 17.1 Å². The van der Waals surface area contributed by atoms with E-state index in [9.17, 15) is 14.4 Å². The highest BCUT2D eigenvalue weighted by atomic mass is 19.1. The molecule has 4 heterocycles. The Balaban J connectivity index is 1.26. The molecule has 3 aromatic carbocycles. The zero-order valence-corrected chi connectivity index (χ0v) is 25.1. The Morgan fingerprint density at radius 3 is 2.48 bits per heavy atom. The van der Waals surface area contributed by atoms with Gasteiger partial charge in [-0.15, -0.1) is 0 Å². The van der Waals surface area contributed by atoms with Crippen molar-refractivity contribution >= 4 is 22.6 Å². The Morgan fingerprint density at radius 1 is 0.886 bits per heavy atom. The minimum absolute atomic E-state index is 0.0796. The van der Waals surface area contributed by atoms with Crippen molar-refractivity contribution in [3.8, 4) is 17.2 Å². The molecule has 3 saturated heterocycles. The molecule has 1 aromatic heterocycles. The maximum Gasteiger partial charge on any atom is 0.254 e. The van der Waals surface area contributed by atoms with Crippen LogP contribution in [0.1, 0.15) is 65.9 Å². The minimum Gasteiger partial charge on any atom is -0.356 e. The summed E-state index contributed by atoms with van der Waals surface area (Å²) in [7, 11) is 0. The lowest BCUT2D eigenvalue weighted by Gasteiger charge is -2.34. The van der Waals surface area contributed by atoms with Gasteiger partial charge in [-0.25, -0.2) is 9.37 Å². The van der Waals surface area contributed by atoms with E-state index < -0.39 is 0 Å². The Bertz CT molecular complexity index is 1710. The molecule has 224 valence electrons. The molecule has 0 radical (unpaired) electrons. The highest BCUT2D eigenvalue weighted by molar-refractivity contribution is 6.08. The van der Waals surface area contributed by atoms with Crippen LogP contribution < -0.4 is 4.90 Å². The normalized spacial score (nSPS) is 20.7. The zero-order valence-electron chi connectivity index (χ0n) is 25.1. The Hall–Kier alpha value is -4.28. The topological polar surface area (TPSA) is 63.5 Å². The van der Waals surface area contributed by atoms with Crippen molar-refractivity contribution < 1.29 is 9.18 Å². The summed E-state index contributed by atoms with van der Waals surface area (Å²) in [6, 6.07) is 25.1. The van der Waals surface area contributed by atoms with Crippen LogP contribution in [0.2, 0.25) is 0 Å². The van der Waals surface area contributed by atoms with Gasteiger partial charge in [0.25, 0.3) is 5.91 Å². The van der Waals surface area contributed by atoms with Crippen LogP contribution >= 0.6 is 0 Å². The number of likely N-dealkylation sites (tertiary alicyclic amines) is 2. The average Bonchev–Trinajstić information content (AvgIpc) is 3.76. The van der Waals surface area contributed by atoms with E-state index in [4.69, 9.17) is 4.98 Å². The van der Waals surface area contributed by atoms with Crippen molar-refractivity contribution in [2.75, 3.05) is 44.2 Å². The number of amides is 1. The second-order valence-electron chi connectivity index (χ2n) is 12.6. The molecule has 3 aliphatic rings. The molecule has 0 saturated carbocycles. The van der Waals surface area contributed by atoms with Gasteiger partial charge in [-0.05, 0) is 111 Å². The summed E-state index contributed by atoms with van der Waals surface area (Å²) in [4.78, 5) is 26.5. The molecule has 0 aliphatic carbocycles. The number of fused-ring (bicyclic) bond motifs is 1. The van der Waals surface area contributed by atoms with Crippen LogP contribution in [0.3, 0.4) is 0 Å². The third kappa shape index (κ3) is 5.79.